The summed E-state index contributed by atoms with van der Waals surface area (Å²) in [7, 11) is 0. The molecule has 0 aliphatic heterocycles. The second-order valence-corrected chi connectivity index (χ2v) is 8.37. The lowest BCUT2D eigenvalue weighted by Gasteiger charge is -2.10. The van der Waals surface area contributed by atoms with Crippen LogP contribution in [0.1, 0.15) is 33.2 Å². The number of carbonyl (C=O) groups is 2. The summed E-state index contributed by atoms with van der Waals surface area (Å²) < 4.78 is 0. The van der Waals surface area contributed by atoms with Crippen molar-refractivity contribution < 1.29 is 9.59 Å². The lowest BCUT2D eigenvalue weighted by Crippen LogP contribution is -2.15. The molecule has 4 rings (SSSR count). The zero-order valence-corrected chi connectivity index (χ0v) is 20.6. The maximum Gasteiger partial charge on any atom is 0.255 e. The number of amides is 2. The molecule has 4 heteroatoms. The summed E-state index contributed by atoms with van der Waals surface area (Å²) in [5.74, 6) is -0.568. The number of allylic oxidation sites excluding steroid dienone is 5. The van der Waals surface area contributed by atoms with Crippen LogP contribution >= 0.6 is 0 Å². The van der Waals surface area contributed by atoms with E-state index in [0.717, 1.165) is 22.3 Å². The van der Waals surface area contributed by atoms with E-state index >= 15 is 0 Å². The van der Waals surface area contributed by atoms with Crippen molar-refractivity contribution in [2.45, 2.75) is 6.92 Å². The number of carbonyl (C=O) groups excluding carboxylic acids is 2. The smallest absolute Gasteiger partial charge is 0.255 e. The monoisotopic (exact) mass is 484 g/mol. The van der Waals surface area contributed by atoms with Gasteiger partial charge in [0, 0.05) is 22.5 Å². The summed E-state index contributed by atoms with van der Waals surface area (Å²) >= 11 is 0. The molecule has 0 atom stereocenters. The predicted molar refractivity (Wildman–Crippen MR) is 154 cm³/mol. The standard InChI is InChI=1S/C33H28N2O2/c1-3-9-24(10-4-2)26-15-19-30(20-16-26)34-32(36)28-13-8-14-29(23-28)33(37)35-31-21-17-27(18-22-31)25-11-6-5-7-12-25/h3-23H,1H2,2H3,(H,34,36)(H,35,37)/b10-4-,24-9+. The van der Waals surface area contributed by atoms with Crippen molar-refractivity contribution in [1.29, 1.82) is 0 Å². The van der Waals surface area contributed by atoms with Gasteiger partial charge in [-0.15, -0.1) is 0 Å². The van der Waals surface area contributed by atoms with Gasteiger partial charge >= 0.3 is 0 Å². The molecule has 0 fully saturated rings. The SMILES string of the molecule is C=C/C=C(\C=C/C)c1ccc(NC(=O)c2cccc(C(=O)Nc3ccc(-c4ccccc4)cc3)c2)cc1. The Hall–Kier alpha value is -4.96. The first kappa shape index (κ1) is 25.1. The van der Waals surface area contributed by atoms with Crippen molar-refractivity contribution in [3.05, 3.63) is 151 Å². The average molecular weight is 485 g/mol. The van der Waals surface area contributed by atoms with E-state index in [2.05, 4.69) is 17.2 Å². The molecule has 182 valence electrons. The van der Waals surface area contributed by atoms with Gasteiger partial charge in [0.2, 0.25) is 0 Å². The number of nitrogens with one attached hydrogen (secondary N) is 2. The second kappa shape index (κ2) is 12.1. The first-order valence-corrected chi connectivity index (χ1v) is 12.0. The van der Waals surface area contributed by atoms with E-state index in [0.29, 0.717) is 22.5 Å². The van der Waals surface area contributed by atoms with Crippen LogP contribution in [-0.2, 0) is 0 Å². The van der Waals surface area contributed by atoms with Gasteiger partial charge in [-0.25, -0.2) is 0 Å². The molecule has 0 aromatic heterocycles. The summed E-state index contributed by atoms with van der Waals surface area (Å²) in [5.41, 5.74) is 6.39. The molecule has 4 aromatic rings. The number of anilines is 2. The Balaban J connectivity index is 1.42. The highest BCUT2D eigenvalue weighted by Crippen LogP contribution is 2.22. The van der Waals surface area contributed by atoms with Gasteiger partial charge in [-0.3, -0.25) is 9.59 Å². The minimum absolute atomic E-state index is 0.281. The van der Waals surface area contributed by atoms with E-state index in [4.69, 9.17) is 0 Å². The van der Waals surface area contributed by atoms with Crippen LogP contribution in [0.3, 0.4) is 0 Å². The maximum absolute atomic E-state index is 12.9. The van der Waals surface area contributed by atoms with Crippen LogP contribution in [0.15, 0.2) is 134 Å². The highest BCUT2D eigenvalue weighted by atomic mass is 16.2. The van der Waals surface area contributed by atoms with Crippen LogP contribution < -0.4 is 10.6 Å². The molecule has 2 N–H and O–H groups in total. The zero-order valence-electron chi connectivity index (χ0n) is 20.6. The van der Waals surface area contributed by atoms with E-state index < -0.39 is 0 Å². The maximum atomic E-state index is 12.9. The molecule has 0 heterocycles. The van der Waals surface area contributed by atoms with Crippen molar-refractivity contribution in [1.82, 2.24) is 0 Å². The molecular weight excluding hydrogens is 456 g/mol. The van der Waals surface area contributed by atoms with Crippen molar-refractivity contribution in [2.24, 2.45) is 0 Å². The summed E-state index contributed by atoms with van der Waals surface area (Å²) in [6.07, 6.45) is 7.65. The molecule has 0 spiro atoms. The Labute approximate surface area is 217 Å². The summed E-state index contributed by atoms with van der Waals surface area (Å²) in [4.78, 5) is 25.7. The van der Waals surface area contributed by atoms with Gasteiger partial charge in [-0.05, 0) is 71.7 Å². The van der Waals surface area contributed by atoms with Gasteiger partial charge in [0.1, 0.15) is 0 Å². The molecule has 0 aliphatic carbocycles. The normalized spacial score (nSPS) is 11.2. The fourth-order valence-corrected chi connectivity index (χ4v) is 3.89. The van der Waals surface area contributed by atoms with Gasteiger partial charge in [0.25, 0.3) is 11.8 Å². The van der Waals surface area contributed by atoms with Gasteiger partial charge in [-0.2, -0.15) is 0 Å². The Bertz CT molecular complexity index is 1450. The lowest BCUT2D eigenvalue weighted by atomic mass is 10.0. The van der Waals surface area contributed by atoms with Crippen LogP contribution in [0, 0.1) is 0 Å². The van der Waals surface area contributed by atoms with Gasteiger partial charge in [0.15, 0.2) is 0 Å². The Kier molecular flexibility index (Phi) is 8.25. The second-order valence-electron chi connectivity index (χ2n) is 8.37. The van der Waals surface area contributed by atoms with E-state index in [1.54, 1.807) is 30.3 Å². The highest BCUT2D eigenvalue weighted by molar-refractivity contribution is 6.08. The molecule has 37 heavy (non-hydrogen) atoms. The van der Waals surface area contributed by atoms with Crippen LogP contribution in [0.2, 0.25) is 0 Å². The van der Waals surface area contributed by atoms with Crippen LogP contribution in [-0.4, -0.2) is 11.8 Å². The molecule has 0 aliphatic rings. The predicted octanol–water partition coefficient (Wildman–Crippen LogP) is 8.00. The fraction of sp³-hybridized carbons (Fsp3) is 0.0303. The van der Waals surface area contributed by atoms with E-state index in [-0.39, 0.29) is 11.8 Å². The van der Waals surface area contributed by atoms with Crippen LogP contribution in [0.5, 0.6) is 0 Å². The third-order valence-electron chi connectivity index (χ3n) is 5.76. The lowest BCUT2D eigenvalue weighted by molar-refractivity contribution is 0.102. The van der Waals surface area contributed by atoms with E-state index in [1.165, 1.54) is 0 Å². The van der Waals surface area contributed by atoms with Crippen LogP contribution in [0.25, 0.3) is 16.7 Å². The Morgan fingerprint density at radius 1 is 0.649 bits per heavy atom. The molecule has 0 radical (unpaired) electrons. The minimum Gasteiger partial charge on any atom is -0.322 e. The molecule has 0 saturated carbocycles. The Morgan fingerprint density at radius 3 is 1.73 bits per heavy atom. The molecular formula is C33H28N2O2. The van der Waals surface area contributed by atoms with E-state index in [1.807, 2.05) is 104 Å². The molecule has 4 nitrogen and oxygen atoms in total. The molecule has 0 bridgehead atoms. The van der Waals surface area contributed by atoms with Gasteiger partial charge in [0.05, 0.1) is 0 Å². The van der Waals surface area contributed by atoms with Crippen molar-refractivity contribution in [3.63, 3.8) is 0 Å². The third-order valence-corrected chi connectivity index (χ3v) is 5.76. The third kappa shape index (κ3) is 6.59. The fourth-order valence-electron chi connectivity index (χ4n) is 3.89. The molecule has 4 aromatic carbocycles. The largest absolute Gasteiger partial charge is 0.322 e. The number of hydrogen-bond donors (Lipinski definition) is 2. The average Bonchev–Trinajstić information content (AvgIpc) is 2.94. The van der Waals surface area contributed by atoms with Crippen LogP contribution in [0.4, 0.5) is 11.4 Å². The first-order valence-electron chi connectivity index (χ1n) is 12.0. The zero-order chi connectivity index (χ0) is 26.0. The minimum atomic E-state index is -0.287. The summed E-state index contributed by atoms with van der Waals surface area (Å²) in [6.45, 7) is 5.72. The molecule has 0 saturated heterocycles. The number of benzene rings is 4. The van der Waals surface area contributed by atoms with Gasteiger partial charge < -0.3 is 10.6 Å². The van der Waals surface area contributed by atoms with Crippen molar-refractivity contribution in [3.8, 4) is 11.1 Å². The summed E-state index contributed by atoms with van der Waals surface area (Å²) in [6, 6.07) is 32.0. The number of hydrogen-bond acceptors (Lipinski definition) is 2. The van der Waals surface area contributed by atoms with Crippen molar-refractivity contribution >= 4 is 28.8 Å². The molecule has 0 unspecified atom stereocenters. The number of rotatable bonds is 8. The highest BCUT2D eigenvalue weighted by Gasteiger charge is 2.12. The topological polar surface area (TPSA) is 58.2 Å². The molecule has 2 amide bonds. The first-order chi connectivity index (χ1) is 18.1. The van der Waals surface area contributed by atoms with Gasteiger partial charge in [-0.1, -0.05) is 91.5 Å². The van der Waals surface area contributed by atoms with Crippen molar-refractivity contribution in [2.75, 3.05) is 10.6 Å². The quantitative estimate of drug-likeness (QED) is 0.249. The summed E-state index contributed by atoms with van der Waals surface area (Å²) in [5, 5.41) is 5.80. The van der Waals surface area contributed by atoms with E-state index in [9.17, 15) is 9.59 Å². The Morgan fingerprint density at radius 2 is 1.19 bits per heavy atom.